The maximum Gasteiger partial charge on any atom is 0.319 e. The van der Waals surface area contributed by atoms with E-state index in [9.17, 15) is 18.0 Å². The lowest BCUT2D eigenvalue weighted by atomic mass is 9.86. The number of likely N-dealkylation sites (tertiary alicyclic amines) is 1. The molecule has 0 N–H and O–H groups in total. The third-order valence-corrected chi connectivity index (χ3v) is 7.75. The van der Waals surface area contributed by atoms with Gasteiger partial charge in [-0.25, -0.2) is 13.2 Å². The van der Waals surface area contributed by atoms with E-state index in [0.29, 0.717) is 58.5 Å². The second-order valence-electron chi connectivity index (χ2n) is 7.76. The number of rotatable bonds is 3. The van der Waals surface area contributed by atoms with Crippen molar-refractivity contribution in [3.05, 3.63) is 0 Å². The molecule has 3 aliphatic rings. The minimum absolute atomic E-state index is 0.0467. The van der Waals surface area contributed by atoms with Gasteiger partial charge in [-0.1, -0.05) is 0 Å². The van der Waals surface area contributed by atoms with Crippen molar-refractivity contribution >= 4 is 22.0 Å². The van der Waals surface area contributed by atoms with Crippen LogP contribution < -0.4 is 0 Å². The van der Waals surface area contributed by atoms with Gasteiger partial charge in [-0.15, -0.1) is 0 Å². The predicted octanol–water partition coefficient (Wildman–Crippen LogP) is 0.0164. The third-order valence-electron chi connectivity index (χ3n) is 5.40. The second-order valence-corrected chi connectivity index (χ2v) is 9.97. The van der Waals surface area contributed by atoms with E-state index in [4.69, 9.17) is 0 Å². The van der Waals surface area contributed by atoms with Gasteiger partial charge < -0.3 is 14.7 Å². The normalized spacial score (nSPS) is 28.5. The summed E-state index contributed by atoms with van der Waals surface area (Å²) in [5.41, 5.74) is -0.517. The highest BCUT2D eigenvalue weighted by Gasteiger charge is 2.50. The molecule has 1 unspecified atom stereocenters. The number of nitrogens with zero attached hydrogens (tertiary/aromatic N) is 4. The number of hydrogen-bond donors (Lipinski definition) is 0. The number of amides is 3. The van der Waals surface area contributed by atoms with Crippen LogP contribution in [-0.2, 0) is 14.8 Å². The lowest BCUT2D eigenvalue weighted by molar-refractivity contribution is -0.127. The monoisotopic (exact) mass is 372 g/mol. The molecule has 2 saturated heterocycles. The van der Waals surface area contributed by atoms with Crippen molar-refractivity contribution in [1.82, 2.24) is 19.0 Å². The number of hydrogen-bond acceptors (Lipinski definition) is 4. The topological polar surface area (TPSA) is 81.2 Å². The Labute approximate surface area is 149 Å². The van der Waals surface area contributed by atoms with Crippen molar-refractivity contribution in [2.45, 2.75) is 31.4 Å². The quantitative estimate of drug-likeness (QED) is 0.699. The molecular formula is C16H28N4O4S. The van der Waals surface area contributed by atoms with E-state index in [1.807, 2.05) is 6.92 Å². The molecule has 1 atom stereocenters. The summed E-state index contributed by atoms with van der Waals surface area (Å²) in [6.07, 6.45) is 1.73. The molecule has 1 saturated carbocycles. The first-order chi connectivity index (χ1) is 11.7. The van der Waals surface area contributed by atoms with Crippen LogP contribution >= 0.6 is 0 Å². The van der Waals surface area contributed by atoms with Gasteiger partial charge in [0.05, 0.1) is 5.25 Å². The summed E-state index contributed by atoms with van der Waals surface area (Å²) in [5.74, 6) is 0.0467. The van der Waals surface area contributed by atoms with E-state index < -0.39 is 15.4 Å². The molecule has 142 valence electrons. The van der Waals surface area contributed by atoms with Crippen LogP contribution in [0.5, 0.6) is 0 Å². The second kappa shape index (κ2) is 6.42. The van der Waals surface area contributed by atoms with Gasteiger partial charge in [-0.2, -0.15) is 4.31 Å². The Morgan fingerprint density at radius 1 is 1.20 bits per heavy atom. The molecule has 0 aromatic heterocycles. The van der Waals surface area contributed by atoms with Crippen molar-refractivity contribution in [3.8, 4) is 0 Å². The van der Waals surface area contributed by atoms with Crippen molar-refractivity contribution < 1.29 is 18.0 Å². The van der Waals surface area contributed by atoms with Crippen LogP contribution in [0.4, 0.5) is 4.79 Å². The summed E-state index contributed by atoms with van der Waals surface area (Å²) >= 11 is 0. The van der Waals surface area contributed by atoms with E-state index in [-0.39, 0.29) is 17.2 Å². The van der Waals surface area contributed by atoms with Crippen LogP contribution in [0.1, 0.15) is 26.2 Å². The molecule has 1 spiro atoms. The summed E-state index contributed by atoms with van der Waals surface area (Å²) in [4.78, 5) is 29.8. The summed E-state index contributed by atoms with van der Waals surface area (Å²) in [6, 6.07) is -0.132. The average molecular weight is 372 g/mol. The van der Waals surface area contributed by atoms with Crippen molar-refractivity contribution in [1.29, 1.82) is 0 Å². The van der Waals surface area contributed by atoms with Gasteiger partial charge in [0.2, 0.25) is 15.9 Å². The van der Waals surface area contributed by atoms with Crippen LogP contribution in [0.2, 0.25) is 0 Å². The van der Waals surface area contributed by atoms with Crippen LogP contribution in [0.15, 0.2) is 0 Å². The van der Waals surface area contributed by atoms with Crippen LogP contribution in [0, 0.1) is 5.41 Å². The smallest absolute Gasteiger partial charge is 0.319 e. The van der Waals surface area contributed by atoms with Crippen molar-refractivity contribution in [3.63, 3.8) is 0 Å². The first kappa shape index (κ1) is 18.4. The Morgan fingerprint density at radius 3 is 2.40 bits per heavy atom. The highest BCUT2D eigenvalue weighted by atomic mass is 32.2. The Balaban J connectivity index is 1.90. The molecular weight excluding hydrogens is 344 g/mol. The van der Waals surface area contributed by atoms with E-state index in [2.05, 4.69) is 0 Å². The number of urea groups is 1. The molecule has 0 aromatic carbocycles. The van der Waals surface area contributed by atoms with Crippen LogP contribution in [0.25, 0.3) is 0 Å². The molecule has 8 nitrogen and oxygen atoms in total. The zero-order valence-corrected chi connectivity index (χ0v) is 16.1. The molecule has 3 amide bonds. The molecule has 2 heterocycles. The Morgan fingerprint density at radius 2 is 1.88 bits per heavy atom. The SMILES string of the molecule is CCN1CC2(CC1=O)CN(C(=O)N(C)C)CCN(S(=O)(=O)C1CC1)C2. The fraction of sp³-hybridized carbons (Fsp3) is 0.875. The zero-order chi connectivity index (χ0) is 18.4. The Bertz CT molecular complexity index is 661. The lowest BCUT2D eigenvalue weighted by Gasteiger charge is -2.34. The Kier molecular flexibility index (Phi) is 4.74. The molecule has 0 aromatic rings. The van der Waals surface area contributed by atoms with Gasteiger partial charge >= 0.3 is 6.03 Å². The molecule has 3 rings (SSSR count). The fourth-order valence-electron chi connectivity index (χ4n) is 3.94. The van der Waals surface area contributed by atoms with Gasteiger partial charge in [0.15, 0.2) is 0 Å². The van der Waals surface area contributed by atoms with Crippen molar-refractivity contribution in [2.75, 3.05) is 53.4 Å². The molecule has 9 heteroatoms. The van der Waals surface area contributed by atoms with Gasteiger partial charge in [-0.3, -0.25) is 4.79 Å². The molecule has 25 heavy (non-hydrogen) atoms. The van der Waals surface area contributed by atoms with Crippen LogP contribution in [0.3, 0.4) is 0 Å². The Hall–Kier alpha value is -1.35. The minimum atomic E-state index is -3.33. The van der Waals surface area contributed by atoms with E-state index in [0.717, 1.165) is 0 Å². The predicted molar refractivity (Wildman–Crippen MR) is 93.5 cm³/mol. The molecule has 3 fully saturated rings. The zero-order valence-electron chi connectivity index (χ0n) is 15.3. The van der Waals surface area contributed by atoms with Crippen molar-refractivity contribution in [2.24, 2.45) is 5.41 Å². The summed E-state index contributed by atoms with van der Waals surface area (Å²) in [7, 11) is 0.0477. The van der Waals surface area contributed by atoms with Gasteiger partial charge in [-0.05, 0) is 19.8 Å². The molecule has 0 radical (unpaired) electrons. The minimum Gasteiger partial charge on any atom is -0.342 e. The number of carbonyl (C=O) groups is 2. The average Bonchev–Trinajstić information content (AvgIpc) is 3.35. The number of sulfonamides is 1. The standard InChI is InChI=1S/C16H28N4O4S/c1-4-18-10-16(9-14(18)21)11-19(15(22)17(2)3)7-8-20(12-16)25(23,24)13-5-6-13/h13H,4-12H2,1-3H3. The van der Waals surface area contributed by atoms with Gasteiger partial charge in [0, 0.05) is 65.2 Å². The largest absolute Gasteiger partial charge is 0.342 e. The third kappa shape index (κ3) is 3.48. The van der Waals surface area contributed by atoms with E-state index >= 15 is 0 Å². The van der Waals surface area contributed by atoms with E-state index in [1.165, 1.54) is 4.90 Å². The highest BCUT2D eigenvalue weighted by molar-refractivity contribution is 7.90. The summed E-state index contributed by atoms with van der Waals surface area (Å²) in [5, 5.41) is -0.278. The maximum atomic E-state index is 12.8. The number of carbonyl (C=O) groups excluding carboxylic acids is 2. The maximum absolute atomic E-state index is 12.8. The van der Waals surface area contributed by atoms with Crippen LogP contribution in [-0.4, -0.2) is 98.0 Å². The molecule has 0 bridgehead atoms. The summed E-state index contributed by atoms with van der Waals surface area (Å²) in [6.45, 7) is 4.46. The van der Waals surface area contributed by atoms with E-state index in [1.54, 1.807) is 28.2 Å². The first-order valence-corrected chi connectivity index (χ1v) is 10.4. The molecule has 2 aliphatic heterocycles. The highest BCUT2D eigenvalue weighted by Crippen LogP contribution is 2.38. The van der Waals surface area contributed by atoms with Gasteiger partial charge in [0.25, 0.3) is 0 Å². The first-order valence-electron chi connectivity index (χ1n) is 8.91. The lowest BCUT2D eigenvalue weighted by Crippen LogP contribution is -2.47. The summed E-state index contributed by atoms with van der Waals surface area (Å²) < 4.78 is 27.1. The van der Waals surface area contributed by atoms with Gasteiger partial charge in [0.1, 0.15) is 0 Å². The fourth-order valence-corrected chi connectivity index (χ4v) is 5.88. The molecule has 1 aliphatic carbocycles.